The predicted molar refractivity (Wildman–Crippen MR) is 125 cm³/mol. The molecule has 178 valence electrons. The number of hydrogen-bond donors (Lipinski definition) is 2. The summed E-state index contributed by atoms with van der Waals surface area (Å²) < 4.78 is 27.0. The molecule has 2 heterocycles. The molecule has 0 saturated carbocycles. The summed E-state index contributed by atoms with van der Waals surface area (Å²) in [4.78, 5) is 29.9. The highest BCUT2D eigenvalue weighted by atomic mass is 32.2. The van der Waals surface area contributed by atoms with Crippen LogP contribution in [0.15, 0.2) is 59.8 Å². The average molecular weight is 473 g/mol. The lowest BCUT2D eigenvalue weighted by Gasteiger charge is -2.31. The Bertz CT molecular complexity index is 1020. The number of piperidine rings is 1. The molecule has 2 amide bonds. The molecule has 33 heavy (non-hydrogen) atoms. The van der Waals surface area contributed by atoms with Crippen LogP contribution in [0.1, 0.15) is 38.7 Å². The Kier molecular flexibility index (Phi) is 8.57. The van der Waals surface area contributed by atoms with Crippen LogP contribution in [0.2, 0.25) is 0 Å². The van der Waals surface area contributed by atoms with Crippen LogP contribution in [0.3, 0.4) is 0 Å². The minimum atomic E-state index is -3.56. The highest BCUT2D eigenvalue weighted by Crippen LogP contribution is 2.24. The number of nitrogens with zero attached hydrogens (tertiary/aromatic N) is 2. The van der Waals surface area contributed by atoms with Crippen molar-refractivity contribution in [2.75, 3.05) is 13.1 Å². The fourth-order valence-corrected chi connectivity index (χ4v) is 5.40. The van der Waals surface area contributed by atoms with Gasteiger partial charge in [0.25, 0.3) is 0 Å². The SMILES string of the molecule is CC(C)C[C@@H](NC(=O)C1CCN(S(=O)(=O)c2ccccc2)CC1)C(=O)NCc1ccncc1. The first-order valence-electron chi connectivity index (χ1n) is 11.3. The van der Waals surface area contributed by atoms with Crippen molar-refractivity contribution in [3.05, 3.63) is 60.4 Å². The maximum Gasteiger partial charge on any atom is 0.243 e. The van der Waals surface area contributed by atoms with Gasteiger partial charge in [-0.1, -0.05) is 32.0 Å². The van der Waals surface area contributed by atoms with Crippen LogP contribution in [-0.4, -0.2) is 48.7 Å². The Labute approximate surface area is 195 Å². The van der Waals surface area contributed by atoms with Gasteiger partial charge in [-0.3, -0.25) is 14.6 Å². The smallest absolute Gasteiger partial charge is 0.243 e. The van der Waals surface area contributed by atoms with Crippen molar-refractivity contribution >= 4 is 21.8 Å². The number of rotatable bonds is 9. The molecule has 0 bridgehead atoms. The standard InChI is InChI=1S/C24H32N4O4S/c1-18(2)16-22(24(30)26-17-19-8-12-25-13-9-19)27-23(29)20-10-14-28(15-11-20)33(31,32)21-6-4-3-5-7-21/h3-9,12-13,18,20,22H,10-11,14-17H2,1-2H3,(H,26,30)(H,27,29)/t22-/m1/s1. The highest BCUT2D eigenvalue weighted by molar-refractivity contribution is 7.89. The summed E-state index contributed by atoms with van der Waals surface area (Å²) >= 11 is 0. The monoisotopic (exact) mass is 472 g/mol. The lowest BCUT2D eigenvalue weighted by Crippen LogP contribution is -2.50. The van der Waals surface area contributed by atoms with Crippen molar-refractivity contribution < 1.29 is 18.0 Å². The first-order valence-corrected chi connectivity index (χ1v) is 12.7. The second-order valence-corrected chi connectivity index (χ2v) is 10.7. The van der Waals surface area contributed by atoms with Gasteiger partial charge in [0.2, 0.25) is 21.8 Å². The molecular formula is C24H32N4O4S. The summed E-state index contributed by atoms with van der Waals surface area (Å²) in [5, 5.41) is 5.80. The fraction of sp³-hybridized carbons (Fsp3) is 0.458. The summed E-state index contributed by atoms with van der Waals surface area (Å²) in [6.07, 6.45) is 4.70. The quantitative estimate of drug-likeness (QED) is 0.582. The van der Waals surface area contributed by atoms with Crippen LogP contribution in [-0.2, 0) is 26.2 Å². The summed E-state index contributed by atoms with van der Waals surface area (Å²) in [5.41, 5.74) is 0.931. The van der Waals surface area contributed by atoms with E-state index in [-0.39, 0.29) is 41.6 Å². The number of benzene rings is 1. The van der Waals surface area contributed by atoms with E-state index in [0.717, 1.165) is 5.56 Å². The van der Waals surface area contributed by atoms with Gasteiger partial charge >= 0.3 is 0 Å². The molecule has 9 heteroatoms. The summed E-state index contributed by atoms with van der Waals surface area (Å²) in [6.45, 7) is 4.92. The van der Waals surface area contributed by atoms with Gasteiger partial charge in [0.1, 0.15) is 6.04 Å². The Morgan fingerprint density at radius 3 is 2.30 bits per heavy atom. The molecule has 1 aromatic carbocycles. The average Bonchev–Trinajstić information content (AvgIpc) is 2.83. The summed E-state index contributed by atoms with van der Waals surface area (Å²) in [7, 11) is -3.56. The van der Waals surface area contributed by atoms with Gasteiger partial charge in [0, 0.05) is 37.9 Å². The van der Waals surface area contributed by atoms with Gasteiger partial charge in [-0.05, 0) is 55.0 Å². The van der Waals surface area contributed by atoms with E-state index in [1.807, 2.05) is 26.0 Å². The maximum atomic E-state index is 12.9. The number of hydrogen-bond acceptors (Lipinski definition) is 5. The molecule has 2 N–H and O–H groups in total. The lowest BCUT2D eigenvalue weighted by molar-refractivity contribution is -0.132. The molecule has 1 aromatic heterocycles. The number of amides is 2. The fourth-order valence-electron chi connectivity index (χ4n) is 3.91. The molecule has 1 aliphatic rings. The number of pyridine rings is 1. The normalized spacial score (nSPS) is 16.3. The topological polar surface area (TPSA) is 108 Å². The first-order chi connectivity index (χ1) is 15.8. The minimum absolute atomic E-state index is 0.198. The number of carbonyl (C=O) groups excluding carboxylic acids is 2. The zero-order chi connectivity index (χ0) is 23.8. The molecule has 3 rings (SSSR count). The van der Waals surface area contributed by atoms with Crippen molar-refractivity contribution in [2.45, 2.75) is 50.6 Å². The van der Waals surface area contributed by atoms with Crippen LogP contribution in [0.4, 0.5) is 0 Å². The minimum Gasteiger partial charge on any atom is -0.350 e. The van der Waals surface area contributed by atoms with E-state index in [4.69, 9.17) is 0 Å². The van der Waals surface area contributed by atoms with E-state index in [2.05, 4.69) is 15.6 Å². The van der Waals surface area contributed by atoms with Crippen LogP contribution in [0.5, 0.6) is 0 Å². The van der Waals surface area contributed by atoms with Gasteiger partial charge in [-0.15, -0.1) is 0 Å². The number of carbonyl (C=O) groups is 2. The zero-order valence-corrected chi connectivity index (χ0v) is 19.9. The molecule has 1 aliphatic heterocycles. The zero-order valence-electron chi connectivity index (χ0n) is 19.1. The Morgan fingerprint density at radius 1 is 1.06 bits per heavy atom. The van der Waals surface area contributed by atoms with E-state index in [1.165, 1.54) is 4.31 Å². The van der Waals surface area contributed by atoms with Crippen molar-refractivity contribution in [3.8, 4) is 0 Å². The number of sulfonamides is 1. The third-order valence-electron chi connectivity index (χ3n) is 5.76. The number of nitrogens with one attached hydrogen (secondary N) is 2. The molecular weight excluding hydrogens is 440 g/mol. The third-order valence-corrected chi connectivity index (χ3v) is 7.67. The molecule has 1 atom stereocenters. The number of aromatic nitrogens is 1. The molecule has 0 radical (unpaired) electrons. The second kappa shape index (κ2) is 11.4. The van der Waals surface area contributed by atoms with E-state index in [9.17, 15) is 18.0 Å². The second-order valence-electron chi connectivity index (χ2n) is 8.76. The molecule has 0 aliphatic carbocycles. The van der Waals surface area contributed by atoms with Crippen LogP contribution >= 0.6 is 0 Å². The van der Waals surface area contributed by atoms with Gasteiger partial charge in [-0.2, -0.15) is 4.31 Å². The van der Waals surface area contributed by atoms with Gasteiger partial charge in [0.05, 0.1) is 4.90 Å². The first kappa shape index (κ1) is 24.9. The largest absolute Gasteiger partial charge is 0.350 e. The van der Waals surface area contributed by atoms with Crippen LogP contribution in [0, 0.1) is 11.8 Å². The van der Waals surface area contributed by atoms with E-state index >= 15 is 0 Å². The molecule has 2 aromatic rings. The highest BCUT2D eigenvalue weighted by Gasteiger charge is 2.33. The van der Waals surface area contributed by atoms with E-state index in [0.29, 0.717) is 25.8 Å². The van der Waals surface area contributed by atoms with Crippen molar-refractivity contribution in [1.29, 1.82) is 0 Å². The summed E-state index contributed by atoms with van der Waals surface area (Å²) in [5.74, 6) is -0.524. The molecule has 8 nitrogen and oxygen atoms in total. The molecule has 0 spiro atoms. The van der Waals surface area contributed by atoms with Crippen molar-refractivity contribution in [2.24, 2.45) is 11.8 Å². The van der Waals surface area contributed by atoms with Crippen LogP contribution in [0.25, 0.3) is 0 Å². The van der Waals surface area contributed by atoms with Gasteiger partial charge in [0.15, 0.2) is 0 Å². The lowest BCUT2D eigenvalue weighted by atomic mass is 9.95. The van der Waals surface area contributed by atoms with Crippen molar-refractivity contribution in [1.82, 2.24) is 19.9 Å². The Morgan fingerprint density at radius 2 is 1.70 bits per heavy atom. The Hall–Kier alpha value is -2.78. The predicted octanol–water partition coefficient (Wildman–Crippen LogP) is 2.33. The molecule has 1 fully saturated rings. The summed E-state index contributed by atoms with van der Waals surface area (Å²) in [6, 6.07) is 11.3. The van der Waals surface area contributed by atoms with Crippen molar-refractivity contribution in [3.63, 3.8) is 0 Å². The van der Waals surface area contributed by atoms with Gasteiger partial charge in [-0.25, -0.2) is 8.42 Å². The third kappa shape index (κ3) is 6.85. The van der Waals surface area contributed by atoms with E-state index in [1.54, 1.807) is 42.7 Å². The maximum absolute atomic E-state index is 12.9. The molecule has 0 unspecified atom stereocenters. The van der Waals surface area contributed by atoms with Gasteiger partial charge < -0.3 is 10.6 Å². The Balaban J connectivity index is 1.56. The van der Waals surface area contributed by atoms with E-state index < -0.39 is 16.1 Å². The molecule has 1 saturated heterocycles. The van der Waals surface area contributed by atoms with Crippen LogP contribution < -0.4 is 10.6 Å².